The van der Waals surface area contributed by atoms with Gasteiger partial charge in [-0.15, -0.1) is 10.2 Å². The van der Waals surface area contributed by atoms with Crippen LogP contribution in [0.1, 0.15) is 5.56 Å². The molecule has 0 aliphatic carbocycles. The summed E-state index contributed by atoms with van der Waals surface area (Å²) in [6.45, 7) is -0.233. The Morgan fingerprint density at radius 2 is 1.85 bits per heavy atom. The molecule has 0 saturated heterocycles. The van der Waals surface area contributed by atoms with Crippen LogP contribution >= 0.6 is 0 Å². The van der Waals surface area contributed by atoms with E-state index in [1.165, 1.54) is 53.7 Å². The lowest BCUT2D eigenvalue weighted by Crippen LogP contribution is -2.37. The minimum absolute atomic E-state index is 0.117. The van der Waals surface area contributed by atoms with E-state index >= 15 is 0 Å². The zero-order chi connectivity index (χ0) is 27.7. The number of aryl methyl sites for hydroxylation is 2. The zero-order valence-corrected chi connectivity index (χ0v) is 20.9. The number of aromatic nitrogens is 8. The Morgan fingerprint density at radius 1 is 1.08 bits per heavy atom. The number of ether oxygens (including phenoxy) is 1. The van der Waals surface area contributed by atoms with Gasteiger partial charge in [-0.2, -0.15) is 14.9 Å². The van der Waals surface area contributed by atoms with Gasteiger partial charge in [0.1, 0.15) is 18.1 Å². The maximum atomic E-state index is 13.1. The summed E-state index contributed by atoms with van der Waals surface area (Å²) in [4.78, 5) is 42.4. The van der Waals surface area contributed by atoms with Crippen molar-refractivity contribution in [2.75, 3.05) is 0 Å². The highest BCUT2D eigenvalue weighted by atomic mass is 19.1. The number of tetrazole rings is 1. The topological polar surface area (TPSA) is 156 Å². The van der Waals surface area contributed by atoms with Crippen molar-refractivity contribution >= 4 is 23.3 Å². The van der Waals surface area contributed by atoms with E-state index in [1.807, 2.05) is 0 Å². The number of fused-ring (bicyclic) bond motifs is 1. The van der Waals surface area contributed by atoms with Crippen molar-refractivity contribution in [1.29, 1.82) is 0 Å². The van der Waals surface area contributed by atoms with Gasteiger partial charge in [0.05, 0.1) is 6.21 Å². The Bertz CT molecular complexity index is 1850. The largest absolute Gasteiger partial charge is 0.425 e. The number of hydrogen-bond acceptors (Lipinski definition) is 9. The van der Waals surface area contributed by atoms with Crippen LogP contribution in [0.2, 0.25) is 0 Å². The summed E-state index contributed by atoms with van der Waals surface area (Å²) in [5, 5.41) is 15.7. The average molecular weight is 532 g/mol. The molecule has 0 aliphatic heterocycles. The van der Waals surface area contributed by atoms with Gasteiger partial charge < -0.3 is 4.74 Å². The van der Waals surface area contributed by atoms with Gasteiger partial charge in [0.2, 0.25) is 5.82 Å². The molecule has 0 aliphatic rings. The first-order valence-corrected chi connectivity index (χ1v) is 11.5. The fraction of sp³-hybridized carbons (Fsp3) is 0.167. The molecule has 5 rings (SSSR count). The van der Waals surface area contributed by atoms with E-state index in [-0.39, 0.29) is 35.4 Å². The first-order chi connectivity index (χ1) is 18.7. The molecule has 3 aromatic heterocycles. The minimum Gasteiger partial charge on any atom is -0.425 e. The third kappa shape index (κ3) is 5.04. The second-order valence-electron chi connectivity index (χ2n) is 8.45. The van der Waals surface area contributed by atoms with E-state index in [1.54, 1.807) is 31.3 Å². The van der Waals surface area contributed by atoms with Crippen molar-refractivity contribution in [3.8, 4) is 23.1 Å². The lowest BCUT2D eigenvalue weighted by atomic mass is 10.2. The molecule has 0 radical (unpaired) electrons. The maximum Gasteiger partial charge on any atom is 0.332 e. The third-order valence-corrected chi connectivity index (χ3v) is 5.74. The SMILES string of the molecule is Cn1c(=O)c2c(nc(Oc3cccc(/C=N/NC(=O)Cn4nnc(-c5ccc(F)cc5)n4)c3)n2C)n(C)c1=O. The molecule has 2 aromatic carbocycles. The standard InChI is InChI=1S/C24H21FN10O4/c1-32-19-21(33(2)24(38)34(3)22(19)37)27-23(32)39-17-6-4-5-14(11-17)12-26-28-18(36)13-35-30-20(29-31-35)15-7-9-16(25)10-8-15/h4-12H,13H2,1-3H3,(H,28,36)/b26-12+. The number of amides is 1. The molecule has 0 fully saturated rings. The Hall–Kier alpha value is -5.47. The third-order valence-electron chi connectivity index (χ3n) is 5.74. The van der Waals surface area contributed by atoms with E-state index in [0.717, 1.165) is 9.36 Å². The van der Waals surface area contributed by atoms with Gasteiger partial charge in [-0.1, -0.05) is 12.1 Å². The number of carbonyl (C=O) groups excluding carboxylic acids is 1. The molecule has 39 heavy (non-hydrogen) atoms. The molecule has 0 saturated carbocycles. The van der Waals surface area contributed by atoms with Crippen LogP contribution in [0.15, 0.2) is 63.2 Å². The fourth-order valence-corrected chi connectivity index (χ4v) is 3.72. The predicted octanol–water partition coefficient (Wildman–Crippen LogP) is 0.706. The minimum atomic E-state index is -0.495. The highest BCUT2D eigenvalue weighted by molar-refractivity contribution is 5.82. The monoisotopic (exact) mass is 532 g/mol. The Balaban J connectivity index is 1.24. The number of nitrogens with one attached hydrogen (secondary N) is 1. The molecular formula is C24H21FN10O4. The van der Waals surface area contributed by atoms with Crippen molar-refractivity contribution in [2.24, 2.45) is 26.2 Å². The van der Waals surface area contributed by atoms with Crippen LogP contribution in [0.3, 0.4) is 0 Å². The number of carbonyl (C=O) groups is 1. The molecule has 5 aromatic rings. The lowest BCUT2D eigenvalue weighted by molar-refractivity contribution is -0.122. The Morgan fingerprint density at radius 3 is 2.62 bits per heavy atom. The zero-order valence-electron chi connectivity index (χ0n) is 20.9. The van der Waals surface area contributed by atoms with E-state index < -0.39 is 17.2 Å². The number of benzene rings is 2. The van der Waals surface area contributed by atoms with E-state index in [2.05, 4.69) is 30.9 Å². The second-order valence-corrected chi connectivity index (χ2v) is 8.45. The summed E-state index contributed by atoms with van der Waals surface area (Å²) in [5.74, 6) is -0.226. The molecule has 1 N–H and O–H groups in total. The van der Waals surface area contributed by atoms with Crippen molar-refractivity contribution in [3.05, 3.63) is 80.7 Å². The quantitative estimate of drug-likeness (QED) is 0.237. The molecule has 0 atom stereocenters. The van der Waals surface area contributed by atoms with E-state index in [4.69, 9.17) is 4.74 Å². The van der Waals surface area contributed by atoms with Gasteiger partial charge in [0.25, 0.3) is 11.5 Å². The average Bonchev–Trinajstić information content (AvgIpc) is 3.51. The number of rotatable bonds is 7. The van der Waals surface area contributed by atoms with E-state index in [0.29, 0.717) is 16.9 Å². The van der Waals surface area contributed by atoms with Crippen molar-refractivity contribution in [3.63, 3.8) is 0 Å². The number of hydrogen-bond donors (Lipinski definition) is 1. The van der Waals surface area contributed by atoms with Crippen LogP contribution in [0.4, 0.5) is 4.39 Å². The van der Waals surface area contributed by atoms with Crippen molar-refractivity contribution in [1.82, 2.24) is 44.3 Å². The van der Waals surface area contributed by atoms with Gasteiger partial charge in [-0.3, -0.25) is 23.3 Å². The van der Waals surface area contributed by atoms with Gasteiger partial charge >= 0.3 is 11.7 Å². The normalized spacial score (nSPS) is 11.4. The summed E-state index contributed by atoms with van der Waals surface area (Å²) in [6, 6.07) is 12.5. The fourth-order valence-electron chi connectivity index (χ4n) is 3.72. The molecule has 1 amide bonds. The summed E-state index contributed by atoms with van der Waals surface area (Å²) in [5.41, 5.74) is 2.99. The smallest absolute Gasteiger partial charge is 0.332 e. The number of imidazole rings is 1. The molecule has 198 valence electrons. The Kier molecular flexibility index (Phi) is 6.54. The molecule has 3 heterocycles. The van der Waals surface area contributed by atoms with Gasteiger partial charge in [0.15, 0.2) is 11.2 Å². The van der Waals surface area contributed by atoms with Crippen LogP contribution in [0, 0.1) is 5.82 Å². The first kappa shape index (κ1) is 25.2. The molecular weight excluding hydrogens is 511 g/mol. The van der Waals surface area contributed by atoms with Gasteiger partial charge in [0, 0.05) is 26.7 Å². The summed E-state index contributed by atoms with van der Waals surface area (Å²) < 4.78 is 22.7. The van der Waals surface area contributed by atoms with Gasteiger partial charge in [-0.25, -0.2) is 14.6 Å². The first-order valence-electron chi connectivity index (χ1n) is 11.5. The van der Waals surface area contributed by atoms with Crippen LogP contribution in [0.25, 0.3) is 22.6 Å². The predicted molar refractivity (Wildman–Crippen MR) is 137 cm³/mol. The lowest BCUT2D eigenvalue weighted by Gasteiger charge is -2.06. The molecule has 15 heteroatoms. The van der Waals surface area contributed by atoms with Crippen LogP contribution in [-0.2, 0) is 32.5 Å². The van der Waals surface area contributed by atoms with Crippen LogP contribution in [-0.4, -0.2) is 51.0 Å². The van der Waals surface area contributed by atoms with Crippen molar-refractivity contribution < 1.29 is 13.9 Å². The maximum absolute atomic E-state index is 13.1. The Labute approximate surface area is 218 Å². The molecule has 14 nitrogen and oxygen atoms in total. The summed E-state index contributed by atoms with van der Waals surface area (Å²) >= 11 is 0. The van der Waals surface area contributed by atoms with Gasteiger partial charge in [-0.05, 0) is 47.2 Å². The molecule has 0 spiro atoms. The van der Waals surface area contributed by atoms with Crippen LogP contribution in [0.5, 0.6) is 11.8 Å². The second kappa shape index (κ2) is 10.1. The molecule has 0 unspecified atom stereocenters. The number of halogens is 1. The van der Waals surface area contributed by atoms with Crippen molar-refractivity contribution in [2.45, 2.75) is 6.54 Å². The highest BCUT2D eigenvalue weighted by Gasteiger charge is 2.18. The summed E-state index contributed by atoms with van der Waals surface area (Å²) in [6.07, 6.45) is 1.41. The number of hydrazone groups is 1. The number of nitrogens with zero attached hydrogens (tertiary/aromatic N) is 9. The highest BCUT2D eigenvalue weighted by Crippen LogP contribution is 2.23. The van der Waals surface area contributed by atoms with Crippen LogP contribution < -0.4 is 21.4 Å². The summed E-state index contributed by atoms with van der Waals surface area (Å²) in [7, 11) is 4.53. The van der Waals surface area contributed by atoms with E-state index in [9.17, 15) is 18.8 Å². The molecule has 0 bridgehead atoms.